The average Bonchev–Trinajstić information content (AvgIpc) is 2.39. The molecule has 1 aliphatic heterocycles. The summed E-state index contributed by atoms with van der Waals surface area (Å²) < 4.78 is 0. The first-order chi connectivity index (χ1) is 5.33. The van der Waals surface area contributed by atoms with E-state index < -0.39 is 7.26 Å². The van der Waals surface area contributed by atoms with Crippen LogP contribution in [0.5, 0.6) is 0 Å². The van der Waals surface area contributed by atoms with E-state index in [1.54, 1.807) is 37.5 Å². The monoisotopic (exact) mass is 174 g/mol. The van der Waals surface area contributed by atoms with Gasteiger partial charge in [-0.05, 0) is 0 Å². The van der Waals surface area contributed by atoms with Gasteiger partial charge < -0.3 is 0 Å². The molecule has 0 unspecified atom stereocenters. The van der Waals surface area contributed by atoms with E-state index in [4.69, 9.17) is 0 Å². The Bertz CT molecular complexity index is 95.4. The molecule has 0 aliphatic carbocycles. The van der Waals surface area contributed by atoms with Crippen LogP contribution in [-0.2, 0) is 0 Å². The minimum atomic E-state index is -0.632. The standard InChI is InChI=1S/C10H23P/c1-3-7-11(8-4-2)9-5-6-10-11/h11H,3-10H2,1-2H3. The van der Waals surface area contributed by atoms with Crippen molar-refractivity contribution in [1.82, 2.24) is 0 Å². The van der Waals surface area contributed by atoms with E-state index >= 15 is 0 Å². The van der Waals surface area contributed by atoms with Gasteiger partial charge >= 0.3 is 71.4 Å². The minimum absolute atomic E-state index is 0.632. The first kappa shape index (κ1) is 9.52. The number of hydrogen-bond acceptors (Lipinski definition) is 0. The van der Waals surface area contributed by atoms with Crippen molar-refractivity contribution >= 4 is 7.26 Å². The van der Waals surface area contributed by atoms with Crippen LogP contribution in [0, 0.1) is 0 Å². The third kappa shape index (κ3) is 2.44. The van der Waals surface area contributed by atoms with E-state index in [1.165, 1.54) is 12.8 Å². The van der Waals surface area contributed by atoms with Gasteiger partial charge in [0, 0.05) is 0 Å². The average molecular weight is 174 g/mol. The fraction of sp³-hybridized carbons (Fsp3) is 1.00. The van der Waals surface area contributed by atoms with Crippen molar-refractivity contribution in [2.24, 2.45) is 0 Å². The van der Waals surface area contributed by atoms with Crippen LogP contribution in [0.1, 0.15) is 39.5 Å². The zero-order chi connectivity index (χ0) is 8.16. The molecule has 1 aliphatic rings. The molecule has 11 heavy (non-hydrogen) atoms. The fourth-order valence-electron chi connectivity index (χ4n) is 2.81. The van der Waals surface area contributed by atoms with Gasteiger partial charge in [0.2, 0.25) is 0 Å². The zero-order valence-electron chi connectivity index (χ0n) is 8.16. The van der Waals surface area contributed by atoms with E-state index in [9.17, 15) is 0 Å². The van der Waals surface area contributed by atoms with Gasteiger partial charge in [0.25, 0.3) is 0 Å². The third-order valence-corrected chi connectivity index (χ3v) is 9.17. The van der Waals surface area contributed by atoms with Crippen LogP contribution in [-0.4, -0.2) is 24.6 Å². The van der Waals surface area contributed by atoms with Crippen LogP contribution in [0.2, 0.25) is 0 Å². The van der Waals surface area contributed by atoms with Crippen LogP contribution < -0.4 is 0 Å². The van der Waals surface area contributed by atoms with Gasteiger partial charge in [-0.15, -0.1) is 0 Å². The van der Waals surface area contributed by atoms with Crippen LogP contribution >= 0.6 is 7.26 Å². The molecule has 1 heterocycles. The summed E-state index contributed by atoms with van der Waals surface area (Å²) in [6.07, 6.45) is 12.6. The molecule has 0 bridgehead atoms. The topological polar surface area (TPSA) is 0 Å². The summed E-state index contributed by atoms with van der Waals surface area (Å²) in [4.78, 5) is 0. The summed E-state index contributed by atoms with van der Waals surface area (Å²) in [7, 11) is -0.632. The van der Waals surface area contributed by atoms with E-state index in [-0.39, 0.29) is 0 Å². The molecule has 0 aromatic carbocycles. The summed E-state index contributed by atoms with van der Waals surface area (Å²) in [6.45, 7) is 4.73. The van der Waals surface area contributed by atoms with E-state index in [2.05, 4.69) is 13.8 Å². The normalized spacial score (nSPS) is 25.3. The maximum absolute atomic E-state index is 2.36. The number of rotatable bonds is 4. The molecule has 0 aromatic heterocycles. The van der Waals surface area contributed by atoms with Crippen molar-refractivity contribution in [3.05, 3.63) is 0 Å². The van der Waals surface area contributed by atoms with E-state index in [0.29, 0.717) is 0 Å². The Hall–Kier alpha value is 0.430. The van der Waals surface area contributed by atoms with Crippen molar-refractivity contribution in [2.45, 2.75) is 39.5 Å². The molecule has 0 saturated carbocycles. The first-order valence-electron chi connectivity index (χ1n) is 5.33. The van der Waals surface area contributed by atoms with Gasteiger partial charge in [-0.2, -0.15) is 0 Å². The second kappa shape index (κ2) is 4.45. The Labute approximate surface area is 72.1 Å². The Morgan fingerprint density at radius 2 is 1.36 bits per heavy atom. The summed E-state index contributed by atoms with van der Waals surface area (Å²) in [5, 5.41) is 0. The number of hydrogen-bond donors (Lipinski definition) is 0. The Balaban J connectivity index is 2.40. The van der Waals surface area contributed by atoms with Crippen molar-refractivity contribution in [3.63, 3.8) is 0 Å². The summed E-state index contributed by atoms with van der Waals surface area (Å²) in [5.74, 6) is 0. The van der Waals surface area contributed by atoms with Gasteiger partial charge in [0.1, 0.15) is 0 Å². The summed E-state index contributed by atoms with van der Waals surface area (Å²) in [5.41, 5.74) is 0. The molecule has 0 radical (unpaired) electrons. The van der Waals surface area contributed by atoms with Gasteiger partial charge in [0.05, 0.1) is 0 Å². The van der Waals surface area contributed by atoms with Crippen molar-refractivity contribution in [1.29, 1.82) is 0 Å². The second-order valence-electron chi connectivity index (χ2n) is 4.21. The van der Waals surface area contributed by atoms with Gasteiger partial charge in [-0.3, -0.25) is 0 Å². The van der Waals surface area contributed by atoms with E-state index in [0.717, 1.165) is 0 Å². The maximum atomic E-state index is 2.36. The van der Waals surface area contributed by atoms with Gasteiger partial charge in [-0.1, -0.05) is 0 Å². The summed E-state index contributed by atoms with van der Waals surface area (Å²) >= 11 is 0. The Morgan fingerprint density at radius 1 is 0.909 bits per heavy atom. The van der Waals surface area contributed by atoms with E-state index in [1.807, 2.05) is 0 Å². The molecule has 1 fully saturated rings. The Kier molecular flexibility index (Phi) is 3.85. The van der Waals surface area contributed by atoms with Crippen LogP contribution in [0.4, 0.5) is 0 Å². The van der Waals surface area contributed by atoms with Crippen LogP contribution in [0.3, 0.4) is 0 Å². The molecular formula is C10H23P. The van der Waals surface area contributed by atoms with Crippen LogP contribution in [0.15, 0.2) is 0 Å². The molecule has 0 spiro atoms. The van der Waals surface area contributed by atoms with Crippen molar-refractivity contribution < 1.29 is 0 Å². The molecule has 0 amide bonds. The molecule has 0 N–H and O–H groups in total. The van der Waals surface area contributed by atoms with Gasteiger partial charge in [-0.25, -0.2) is 0 Å². The molecular weight excluding hydrogens is 151 g/mol. The Morgan fingerprint density at radius 3 is 1.73 bits per heavy atom. The SMILES string of the molecule is CCC[PH]1(CCC)CCCC1. The second-order valence-corrected chi connectivity index (χ2v) is 9.21. The zero-order valence-corrected chi connectivity index (χ0v) is 9.16. The summed E-state index contributed by atoms with van der Waals surface area (Å²) in [6, 6.07) is 0. The first-order valence-corrected chi connectivity index (χ1v) is 8.16. The molecule has 0 aromatic rings. The predicted octanol–water partition coefficient (Wildman–Crippen LogP) is 3.35. The van der Waals surface area contributed by atoms with Crippen LogP contribution in [0.25, 0.3) is 0 Å². The molecule has 1 rings (SSSR count). The van der Waals surface area contributed by atoms with Gasteiger partial charge in [0.15, 0.2) is 0 Å². The van der Waals surface area contributed by atoms with Crippen molar-refractivity contribution in [3.8, 4) is 0 Å². The molecule has 1 saturated heterocycles. The molecule has 0 nitrogen and oxygen atoms in total. The molecule has 68 valence electrons. The molecule has 1 heteroatoms. The fourth-order valence-corrected chi connectivity index (χ4v) is 8.43. The van der Waals surface area contributed by atoms with Crippen molar-refractivity contribution in [2.75, 3.05) is 24.6 Å². The quantitative estimate of drug-likeness (QED) is 0.573. The third-order valence-electron chi connectivity index (χ3n) is 3.22. The predicted molar refractivity (Wildman–Crippen MR) is 57.6 cm³/mol. The molecule has 0 atom stereocenters.